The van der Waals surface area contributed by atoms with Crippen LogP contribution in [-0.2, 0) is 0 Å². The number of aromatic hydroxyl groups is 1. The second kappa shape index (κ2) is 5.61. The van der Waals surface area contributed by atoms with E-state index in [1.807, 2.05) is 0 Å². The number of phenols is 1. The van der Waals surface area contributed by atoms with Crippen LogP contribution >= 0.6 is 11.6 Å². The van der Waals surface area contributed by atoms with Gasteiger partial charge in [0.25, 0.3) is 5.91 Å². The molecule has 1 amide bonds. The van der Waals surface area contributed by atoms with Gasteiger partial charge in [0.1, 0.15) is 5.75 Å². The Balaban J connectivity index is 2.09. The lowest BCUT2D eigenvalue weighted by atomic mass is 9.94. The summed E-state index contributed by atoms with van der Waals surface area (Å²) in [5.74, 6) is -0.189. The van der Waals surface area contributed by atoms with Crippen molar-refractivity contribution in [3.8, 4) is 5.75 Å². The van der Waals surface area contributed by atoms with Crippen LogP contribution in [0.5, 0.6) is 5.75 Å². The molecule has 2 atom stereocenters. The van der Waals surface area contributed by atoms with Gasteiger partial charge < -0.3 is 10.4 Å². The van der Waals surface area contributed by atoms with Gasteiger partial charge in [-0.3, -0.25) is 4.79 Å². The summed E-state index contributed by atoms with van der Waals surface area (Å²) in [4.78, 5) is 12.1. The quantitative estimate of drug-likeness (QED) is 0.810. The first-order chi connectivity index (χ1) is 8.59. The highest BCUT2D eigenvalue weighted by molar-refractivity contribution is 6.21. The highest BCUT2D eigenvalue weighted by Crippen LogP contribution is 2.25. The van der Waals surface area contributed by atoms with E-state index < -0.39 is 0 Å². The third-order valence-corrected chi connectivity index (χ3v) is 4.00. The van der Waals surface area contributed by atoms with Gasteiger partial charge in [-0.15, -0.1) is 11.6 Å². The Labute approximate surface area is 112 Å². The summed E-state index contributed by atoms with van der Waals surface area (Å²) in [6, 6.07) is 5.18. The van der Waals surface area contributed by atoms with Crippen LogP contribution in [0.3, 0.4) is 0 Å². The van der Waals surface area contributed by atoms with E-state index in [9.17, 15) is 9.90 Å². The summed E-state index contributed by atoms with van der Waals surface area (Å²) in [6.07, 6.45) is 4.06. The zero-order valence-electron chi connectivity index (χ0n) is 10.4. The molecular weight excluding hydrogens is 250 g/mol. The molecular formula is C14H18ClNO2. The predicted octanol–water partition coefficient (Wildman–Crippen LogP) is 2.98. The minimum Gasteiger partial charge on any atom is -0.507 e. The zero-order valence-corrected chi connectivity index (χ0v) is 11.2. The monoisotopic (exact) mass is 267 g/mol. The molecule has 98 valence electrons. The molecule has 0 spiro atoms. The second-order valence-electron chi connectivity index (χ2n) is 4.85. The van der Waals surface area contributed by atoms with Crippen molar-refractivity contribution < 1.29 is 9.90 Å². The Hall–Kier alpha value is -1.22. The highest BCUT2D eigenvalue weighted by Gasteiger charge is 2.25. The van der Waals surface area contributed by atoms with Gasteiger partial charge in [0, 0.05) is 6.04 Å². The number of nitrogens with one attached hydrogen (secondary N) is 1. The number of halogens is 1. The average Bonchev–Trinajstić information content (AvgIpc) is 2.35. The lowest BCUT2D eigenvalue weighted by molar-refractivity contribution is 0.0926. The van der Waals surface area contributed by atoms with Gasteiger partial charge in [-0.05, 0) is 31.4 Å². The van der Waals surface area contributed by atoms with Crippen molar-refractivity contribution in [3.63, 3.8) is 0 Å². The van der Waals surface area contributed by atoms with Crippen LogP contribution in [-0.4, -0.2) is 22.4 Å². The molecule has 3 nitrogen and oxygen atoms in total. The molecule has 1 aliphatic rings. The topological polar surface area (TPSA) is 49.3 Å². The van der Waals surface area contributed by atoms with Gasteiger partial charge in [0.05, 0.1) is 10.9 Å². The molecule has 18 heavy (non-hydrogen) atoms. The fourth-order valence-electron chi connectivity index (χ4n) is 2.34. The molecule has 1 aromatic carbocycles. The molecule has 0 radical (unpaired) electrons. The number of benzene rings is 1. The standard InChI is InChI=1S/C14H18ClNO2/c1-9-5-4-6-10(13(9)17)14(18)16-12-8-3-2-7-11(12)15/h4-6,11-12,17H,2-3,7-8H2,1H3,(H,16,18). The van der Waals surface area contributed by atoms with Crippen LogP contribution in [0.4, 0.5) is 0 Å². The number of amides is 1. The SMILES string of the molecule is Cc1cccc(C(=O)NC2CCCCC2Cl)c1O. The largest absolute Gasteiger partial charge is 0.507 e. The number of phenolic OH excluding ortho intramolecular Hbond substituents is 1. The van der Waals surface area contributed by atoms with Crippen molar-refractivity contribution in [2.24, 2.45) is 0 Å². The van der Waals surface area contributed by atoms with E-state index in [1.165, 1.54) is 0 Å². The number of alkyl halides is 1. The van der Waals surface area contributed by atoms with Crippen LogP contribution < -0.4 is 5.32 Å². The highest BCUT2D eigenvalue weighted by atomic mass is 35.5. The fraction of sp³-hybridized carbons (Fsp3) is 0.500. The molecule has 0 aliphatic heterocycles. The molecule has 0 aromatic heterocycles. The van der Waals surface area contributed by atoms with Gasteiger partial charge in [-0.25, -0.2) is 0 Å². The fourth-order valence-corrected chi connectivity index (χ4v) is 2.68. The number of hydrogen-bond acceptors (Lipinski definition) is 2. The van der Waals surface area contributed by atoms with E-state index in [1.54, 1.807) is 25.1 Å². The van der Waals surface area contributed by atoms with Gasteiger partial charge in [0.2, 0.25) is 0 Å². The van der Waals surface area contributed by atoms with Crippen LogP contribution in [0.15, 0.2) is 18.2 Å². The van der Waals surface area contributed by atoms with E-state index in [4.69, 9.17) is 11.6 Å². The summed E-state index contributed by atoms with van der Waals surface area (Å²) in [7, 11) is 0. The van der Waals surface area contributed by atoms with E-state index in [-0.39, 0.29) is 23.1 Å². The summed E-state index contributed by atoms with van der Waals surface area (Å²) in [6.45, 7) is 1.77. The molecule has 0 heterocycles. The molecule has 2 rings (SSSR count). The van der Waals surface area contributed by atoms with Gasteiger partial charge >= 0.3 is 0 Å². The molecule has 0 bridgehead atoms. The first kappa shape index (κ1) is 13.2. The van der Waals surface area contributed by atoms with Gasteiger partial charge in [-0.2, -0.15) is 0 Å². The Kier molecular flexibility index (Phi) is 4.12. The summed E-state index contributed by atoms with van der Waals surface area (Å²) in [5.41, 5.74) is 1.03. The van der Waals surface area contributed by atoms with E-state index in [0.717, 1.165) is 25.7 Å². The van der Waals surface area contributed by atoms with E-state index in [2.05, 4.69) is 5.32 Å². The number of carbonyl (C=O) groups excluding carboxylic acids is 1. The maximum Gasteiger partial charge on any atom is 0.255 e. The van der Waals surface area contributed by atoms with Crippen molar-refractivity contribution >= 4 is 17.5 Å². The Morgan fingerprint density at radius 2 is 2.11 bits per heavy atom. The first-order valence-corrected chi connectivity index (χ1v) is 6.76. The molecule has 4 heteroatoms. The third kappa shape index (κ3) is 2.78. The Bertz CT molecular complexity index is 447. The van der Waals surface area contributed by atoms with Crippen molar-refractivity contribution in [2.45, 2.75) is 44.0 Å². The number of aryl methyl sites for hydroxylation is 1. The molecule has 1 aromatic rings. The van der Waals surface area contributed by atoms with Gasteiger partial charge in [0.15, 0.2) is 0 Å². The molecule has 0 saturated heterocycles. The molecule has 2 N–H and O–H groups in total. The van der Waals surface area contributed by atoms with Crippen LogP contribution in [0.1, 0.15) is 41.6 Å². The zero-order chi connectivity index (χ0) is 13.1. The molecule has 1 fully saturated rings. The minimum absolute atomic E-state index is 0.00495. The van der Waals surface area contributed by atoms with Crippen molar-refractivity contribution in [1.29, 1.82) is 0 Å². The third-order valence-electron chi connectivity index (χ3n) is 3.48. The first-order valence-electron chi connectivity index (χ1n) is 6.33. The average molecular weight is 268 g/mol. The maximum atomic E-state index is 12.1. The molecule has 2 unspecified atom stereocenters. The lowest BCUT2D eigenvalue weighted by Crippen LogP contribution is -2.42. The van der Waals surface area contributed by atoms with E-state index in [0.29, 0.717) is 11.1 Å². The van der Waals surface area contributed by atoms with E-state index >= 15 is 0 Å². The summed E-state index contributed by atoms with van der Waals surface area (Å²) >= 11 is 6.21. The summed E-state index contributed by atoms with van der Waals surface area (Å²) < 4.78 is 0. The smallest absolute Gasteiger partial charge is 0.255 e. The minimum atomic E-state index is -0.242. The van der Waals surface area contributed by atoms with Crippen LogP contribution in [0.25, 0.3) is 0 Å². The normalized spacial score (nSPS) is 23.7. The van der Waals surface area contributed by atoms with Crippen molar-refractivity contribution in [3.05, 3.63) is 29.3 Å². The van der Waals surface area contributed by atoms with Crippen LogP contribution in [0.2, 0.25) is 0 Å². The number of hydrogen-bond donors (Lipinski definition) is 2. The second-order valence-corrected chi connectivity index (χ2v) is 5.41. The van der Waals surface area contributed by atoms with Crippen LogP contribution in [0, 0.1) is 6.92 Å². The molecule has 1 aliphatic carbocycles. The maximum absolute atomic E-state index is 12.1. The summed E-state index contributed by atoms with van der Waals surface area (Å²) in [5, 5.41) is 12.8. The molecule has 1 saturated carbocycles. The lowest BCUT2D eigenvalue weighted by Gasteiger charge is -2.28. The number of rotatable bonds is 2. The van der Waals surface area contributed by atoms with Gasteiger partial charge in [-0.1, -0.05) is 25.0 Å². The Morgan fingerprint density at radius 1 is 1.39 bits per heavy atom. The number of carbonyl (C=O) groups is 1. The predicted molar refractivity (Wildman–Crippen MR) is 72.2 cm³/mol. The Morgan fingerprint density at radius 3 is 2.83 bits per heavy atom. The van der Waals surface area contributed by atoms with Crippen molar-refractivity contribution in [2.75, 3.05) is 0 Å². The van der Waals surface area contributed by atoms with Crippen molar-refractivity contribution in [1.82, 2.24) is 5.32 Å². The number of para-hydroxylation sites is 1.